The fourth-order valence-electron chi connectivity index (χ4n) is 2.27. The molecule has 0 aliphatic carbocycles. The summed E-state index contributed by atoms with van der Waals surface area (Å²) in [4.78, 5) is 13.1. The fourth-order valence-corrected chi connectivity index (χ4v) is 2.65. The molecule has 34 heavy (non-hydrogen) atoms. The van der Waals surface area contributed by atoms with Crippen LogP contribution >= 0.6 is 23.2 Å². The van der Waals surface area contributed by atoms with Crippen LogP contribution in [0, 0.1) is 5.82 Å². The van der Waals surface area contributed by atoms with Gasteiger partial charge in [0.25, 0.3) is 0 Å². The van der Waals surface area contributed by atoms with E-state index in [1.54, 1.807) is 6.07 Å². The molecule has 0 atom stereocenters. The monoisotopic (exact) mass is 523 g/mol. The van der Waals surface area contributed by atoms with Gasteiger partial charge in [-0.15, -0.1) is 0 Å². The predicted molar refractivity (Wildman–Crippen MR) is 113 cm³/mol. The lowest BCUT2D eigenvalue weighted by Gasteiger charge is -2.06. The molecule has 1 heterocycles. The highest BCUT2D eigenvalue weighted by atomic mass is 35.5. The van der Waals surface area contributed by atoms with Crippen LogP contribution in [0.5, 0.6) is 0 Å². The van der Waals surface area contributed by atoms with E-state index in [9.17, 15) is 22.8 Å². The minimum absolute atomic E-state index is 0.0199. The third-order valence-electron chi connectivity index (χ3n) is 3.84. The van der Waals surface area contributed by atoms with Crippen LogP contribution in [0.4, 0.5) is 23.2 Å². The largest absolute Gasteiger partial charge is 0.490 e. The normalized spacial score (nSPS) is 11.6. The highest BCUT2D eigenvalue weighted by molar-refractivity contribution is 6.31. The predicted octanol–water partition coefficient (Wildman–Crippen LogP) is 4.50. The molecular formula is C19H15Cl2F4N5O4. The Morgan fingerprint density at radius 1 is 1.09 bits per heavy atom. The van der Waals surface area contributed by atoms with Gasteiger partial charge in [-0.1, -0.05) is 46.6 Å². The van der Waals surface area contributed by atoms with Crippen molar-refractivity contribution in [1.82, 2.24) is 21.1 Å². The summed E-state index contributed by atoms with van der Waals surface area (Å²) in [5.74, 6) is -3.34. The third kappa shape index (κ3) is 7.95. The van der Waals surface area contributed by atoms with Gasteiger partial charge in [0.2, 0.25) is 0 Å². The summed E-state index contributed by atoms with van der Waals surface area (Å²) in [6.07, 6.45) is -5.08. The van der Waals surface area contributed by atoms with E-state index in [0.29, 0.717) is 22.9 Å². The van der Waals surface area contributed by atoms with Gasteiger partial charge in [0.1, 0.15) is 11.5 Å². The lowest BCUT2D eigenvalue weighted by molar-refractivity contribution is -0.192. The Kier molecular flexibility index (Phi) is 9.74. The average Bonchev–Trinajstić information content (AvgIpc) is 3.24. The van der Waals surface area contributed by atoms with E-state index in [1.165, 1.54) is 18.2 Å². The summed E-state index contributed by atoms with van der Waals surface area (Å²) in [6, 6.07) is 11.3. The van der Waals surface area contributed by atoms with Crippen molar-refractivity contribution in [1.29, 1.82) is 0 Å². The van der Waals surface area contributed by atoms with Crippen LogP contribution in [0.25, 0.3) is 0 Å². The lowest BCUT2D eigenvalue weighted by Crippen LogP contribution is -2.24. The molecule has 0 unspecified atom stereocenters. The smallest absolute Gasteiger partial charge is 0.475 e. The second-order valence-corrected chi connectivity index (χ2v) is 7.04. The van der Waals surface area contributed by atoms with Gasteiger partial charge in [-0.05, 0) is 35.0 Å². The molecule has 0 radical (unpaired) electrons. The number of carbonyl (C=O) groups is 1. The standard InChI is InChI=1S/C17H14Cl2FN5O2.C2HF3O2/c18-12-4-2-1-3-10(12)8-21-9-15-16(25-27-24-15)17(23-26)22-11-5-6-14(20)13(19)7-11;3-2(4,5)1(6)7/h1-7,21,26H,8-9H2,(H,22,23);(H,6,7). The molecule has 0 fully saturated rings. The maximum Gasteiger partial charge on any atom is 0.490 e. The van der Waals surface area contributed by atoms with Crippen molar-refractivity contribution < 1.29 is 37.3 Å². The first-order chi connectivity index (χ1) is 16.0. The Labute approximate surface area is 198 Å². The average molecular weight is 524 g/mol. The maximum atomic E-state index is 13.3. The minimum atomic E-state index is -5.08. The van der Waals surface area contributed by atoms with Crippen LogP contribution in [0.2, 0.25) is 10.0 Å². The zero-order chi connectivity index (χ0) is 25.3. The van der Waals surface area contributed by atoms with Crippen LogP contribution < -0.4 is 10.8 Å². The number of nitrogens with one attached hydrogen (secondary N) is 2. The fraction of sp³-hybridized carbons (Fsp3) is 0.158. The first-order valence-corrected chi connectivity index (χ1v) is 9.78. The van der Waals surface area contributed by atoms with Gasteiger partial charge in [-0.2, -0.15) is 13.2 Å². The number of carboxylic acids is 1. The lowest BCUT2D eigenvalue weighted by atomic mass is 10.2. The summed E-state index contributed by atoms with van der Waals surface area (Å²) in [5, 5.41) is 27.8. The van der Waals surface area contributed by atoms with Gasteiger partial charge in [0.15, 0.2) is 11.5 Å². The van der Waals surface area contributed by atoms with Gasteiger partial charge in [0.05, 0.1) is 10.7 Å². The van der Waals surface area contributed by atoms with Crippen LogP contribution in [0.3, 0.4) is 0 Å². The molecule has 4 N–H and O–H groups in total. The minimum Gasteiger partial charge on any atom is -0.475 e. The Hall–Kier alpha value is -3.26. The van der Waals surface area contributed by atoms with Gasteiger partial charge < -0.3 is 10.4 Å². The van der Waals surface area contributed by atoms with E-state index < -0.39 is 18.0 Å². The number of hydrogen-bond acceptors (Lipinski definition) is 7. The van der Waals surface area contributed by atoms with Gasteiger partial charge in [0, 0.05) is 18.1 Å². The third-order valence-corrected chi connectivity index (χ3v) is 4.50. The van der Waals surface area contributed by atoms with Crippen LogP contribution in [-0.2, 0) is 17.9 Å². The first-order valence-electron chi connectivity index (χ1n) is 9.02. The number of carboxylic acid groups (broad SMARTS) is 1. The van der Waals surface area contributed by atoms with Crippen LogP contribution in [0.1, 0.15) is 17.0 Å². The molecule has 9 nitrogen and oxygen atoms in total. The molecular weight excluding hydrogens is 509 g/mol. The second-order valence-electron chi connectivity index (χ2n) is 6.23. The Balaban J connectivity index is 0.000000509. The molecule has 0 bridgehead atoms. The van der Waals surface area contributed by atoms with Crippen molar-refractivity contribution in [2.45, 2.75) is 19.3 Å². The summed E-state index contributed by atoms with van der Waals surface area (Å²) in [7, 11) is 0. The topological polar surface area (TPSA) is 133 Å². The molecule has 0 saturated heterocycles. The Bertz CT molecular complexity index is 1160. The van der Waals surface area contributed by atoms with E-state index in [4.69, 9.17) is 37.7 Å². The molecule has 15 heteroatoms. The summed E-state index contributed by atoms with van der Waals surface area (Å²) >= 11 is 11.9. The van der Waals surface area contributed by atoms with Crippen LogP contribution in [0.15, 0.2) is 52.1 Å². The van der Waals surface area contributed by atoms with Crippen molar-refractivity contribution in [3.63, 3.8) is 0 Å². The number of aliphatic carboxylic acids is 1. The van der Waals surface area contributed by atoms with Crippen molar-refractivity contribution in [2.75, 3.05) is 0 Å². The number of rotatable bonds is 6. The van der Waals surface area contributed by atoms with Crippen molar-refractivity contribution >= 4 is 40.7 Å². The number of aromatic nitrogens is 2. The molecule has 2 aromatic carbocycles. The number of hydroxylamine groups is 1. The molecule has 0 saturated carbocycles. The van der Waals surface area contributed by atoms with Crippen molar-refractivity contribution in [3.8, 4) is 0 Å². The number of benzene rings is 2. The van der Waals surface area contributed by atoms with E-state index in [1.807, 2.05) is 23.7 Å². The molecule has 1 aromatic heterocycles. The molecule has 0 amide bonds. The van der Waals surface area contributed by atoms with E-state index in [0.717, 1.165) is 5.56 Å². The summed E-state index contributed by atoms with van der Waals surface area (Å²) in [5.41, 5.74) is 3.80. The van der Waals surface area contributed by atoms with Gasteiger partial charge >= 0.3 is 12.1 Å². The van der Waals surface area contributed by atoms with E-state index in [-0.39, 0.29) is 23.1 Å². The number of halogens is 6. The SMILES string of the molecule is O=C(O)C(F)(F)F.ONC(=Nc1ccc(F)c(Cl)c1)c1nonc1CNCc1ccccc1Cl. The first kappa shape index (κ1) is 27.0. The molecule has 3 aromatic rings. The number of aliphatic imine (C=N–C) groups is 1. The number of alkyl halides is 3. The van der Waals surface area contributed by atoms with Gasteiger partial charge in [-0.3, -0.25) is 10.7 Å². The van der Waals surface area contributed by atoms with Crippen molar-refractivity contribution in [2.24, 2.45) is 4.99 Å². The molecule has 182 valence electrons. The Morgan fingerprint density at radius 3 is 2.35 bits per heavy atom. The maximum absolute atomic E-state index is 13.3. The number of amidine groups is 1. The van der Waals surface area contributed by atoms with E-state index >= 15 is 0 Å². The molecule has 3 rings (SSSR count). The molecule has 0 aliphatic rings. The Morgan fingerprint density at radius 2 is 1.76 bits per heavy atom. The quantitative estimate of drug-likeness (QED) is 0.161. The zero-order valence-corrected chi connectivity index (χ0v) is 18.3. The second kappa shape index (κ2) is 12.3. The highest BCUT2D eigenvalue weighted by Gasteiger charge is 2.38. The van der Waals surface area contributed by atoms with Gasteiger partial charge in [-0.25, -0.2) is 18.8 Å². The number of hydrogen-bond donors (Lipinski definition) is 4. The molecule has 0 aliphatic heterocycles. The summed E-state index contributed by atoms with van der Waals surface area (Å²) < 4.78 is 49.8. The zero-order valence-electron chi connectivity index (χ0n) is 16.8. The van der Waals surface area contributed by atoms with E-state index in [2.05, 4.69) is 20.6 Å². The highest BCUT2D eigenvalue weighted by Crippen LogP contribution is 2.22. The number of nitrogens with zero attached hydrogens (tertiary/aromatic N) is 3. The summed E-state index contributed by atoms with van der Waals surface area (Å²) in [6.45, 7) is 0.785. The van der Waals surface area contributed by atoms with Crippen molar-refractivity contribution in [3.05, 3.63) is 75.3 Å². The van der Waals surface area contributed by atoms with Crippen LogP contribution in [-0.4, -0.2) is 38.6 Å². The molecule has 0 spiro atoms.